The molecule has 2 rings (SSSR count). The fraction of sp³-hybridized carbons (Fsp3) is 0.688. The third-order valence-electron chi connectivity index (χ3n) is 3.77. The summed E-state index contributed by atoms with van der Waals surface area (Å²) in [6.45, 7) is 9.22. The summed E-state index contributed by atoms with van der Waals surface area (Å²) in [6.07, 6.45) is 8.61. The van der Waals surface area contributed by atoms with Crippen molar-refractivity contribution >= 4 is 5.96 Å². The van der Waals surface area contributed by atoms with Gasteiger partial charge in [0.1, 0.15) is 11.6 Å². The zero-order chi connectivity index (χ0) is 15.6. The summed E-state index contributed by atoms with van der Waals surface area (Å²) in [6, 6.07) is 0. The second-order valence-electron chi connectivity index (χ2n) is 5.53. The lowest BCUT2D eigenvalue weighted by Gasteiger charge is -2.09. The highest BCUT2D eigenvalue weighted by atomic mass is 15.3. The van der Waals surface area contributed by atoms with Crippen LogP contribution in [0.5, 0.6) is 0 Å². The van der Waals surface area contributed by atoms with Gasteiger partial charge in [0.25, 0.3) is 0 Å². The van der Waals surface area contributed by atoms with Crippen molar-refractivity contribution in [2.45, 2.75) is 52.0 Å². The van der Waals surface area contributed by atoms with E-state index in [2.05, 4.69) is 43.9 Å². The summed E-state index contributed by atoms with van der Waals surface area (Å²) in [5, 5.41) is 15.1. The van der Waals surface area contributed by atoms with Crippen LogP contribution in [-0.4, -0.2) is 40.4 Å². The van der Waals surface area contributed by atoms with E-state index in [-0.39, 0.29) is 0 Å². The predicted octanol–water partition coefficient (Wildman–Crippen LogP) is 1.68. The SMILES string of the molecule is C=CCNC(=NCCCc1nnc2n1CCCCC2)NCC. The summed E-state index contributed by atoms with van der Waals surface area (Å²) in [7, 11) is 0. The Labute approximate surface area is 133 Å². The van der Waals surface area contributed by atoms with Gasteiger partial charge in [-0.05, 0) is 26.2 Å². The van der Waals surface area contributed by atoms with Crippen molar-refractivity contribution in [1.29, 1.82) is 0 Å². The molecule has 0 aliphatic carbocycles. The molecule has 1 aromatic rings. The second-order valence-corrected chi connectivity index (χ2v) is 5.53. The van der Waals surface area contributed by atoms with Crippen molar-refractivity contribution in [3.8, 4) is 0 Å². The number of hydrogen-bond donors (Lipinski definition) is 2. The van der Waals surface area contributed by atoms with E-state index in [0.717, 1.165) is 63.0 Å². The minimum atomic E-state index is 0.726. The molecule has 1 aliphatic heterocycles. The van der Waals surface area contributed by atoms with Crippen molar-refractivity contribution in [2.75, 3.05) is 19.6 Å². The maximum Gasteiger partial charge on any atom is 0.191 e. The van der Waals surface area contributed by atoms with E-state index < -0.39 is 0 Å². The molecule has 6 heteroatoms. The maximum absolute atomic E-state index is 4.57. The van der Waals surface area contributed by atoms with Crippen molar-refractivity contribution in [1.82, 2.24) is 25.4 Å². The molecule has 122 valence electrons. The van der Waals surface area contributed by atoms with Crippen molar-refractivity contribution in [3.05, 3.63) is 24.3 Å². The summed E-state index contributed by atoms with van der Waals surface area (Å²) < 4.78 is 2.32. The molecule has 0 radical (unpaired) electrons. The van der Waals surface area contributed by atoms with E-state index in [0.29, 0.717) is 0 Å². The van der Waals surface area contributed by atoms with Gasteiger partial charge in [0.05, 0.1) is 0 Å². The van der Waals surface area contributed by atoms with Gasteiger partial charge in [-0.1, -0.05) is 12.5 Å². The first-order valence-corrected chi connectivity index (χ1v) is 8.39. The van der Waals surface area contributed by atoms with Gasteiger partial charge in [0.15, 0.2) is 5.96 Å². The molecule has 0 amide bonds. The summed E-state index contributed by atoms with van der Waals surface area (Å²) in [4.78, 5) is 4.57. The standard InChI is InChI=1S/C16H28N6/c1-3-11-18-16(17-4-2)19-12-8-10-15-21-20-14-9-6-5-7-13-22(14)15/h3H,1,4-13H2,2H3,(H2,17,18,19). The molecule has 0 fully saturated rings. The quantitative estimate of drug-likeness (QED) is 0.348. The van der Waals surface area contributed by atoms with Crippen LogP contribution in [0.4, 0.5) is 0 Å². The molecule has 1 aliphatic rings. The molecule has 0 saturated heterocycles. The number of aryl methyl sites for hydroxylation is 2. The van der Waals surface area contributed by atoms with Crippen LogP contribution in [0.15, 0.2) is 17.6 Å². The van der Waals surface area contributed by atoms with Crippen molar-refractivity contribution < 1.29 is 0 Å². The van der Waals surface area contributed by atoms with Crippen LogP contribution in [0.2, 0.25) is 0 Å². The van der Waals surface area contributed by atoms with Gasteiger partial charge in [0, 0.05) is 39.0 Å². The molecule has 0 atom stereocenters. The average molecular weight is 304 g/mol. The zero-order valence-electron chi connectivity index (χ0n) is 13.6. The van der Waals surface area contributed by atoms with Gasteiger partial charge >= 0.3 is 0 Å². The minimum absolute atomic E-state index is 0.726. The molecule has 2 N–H and O–H groups in total. The van der Waals surface area contributed by atoms with Crippen LogP contribution in [0.1, 0.15) is 44.3 Å². The summed E-state index contributed by atoms with van der Waals surface area (Å²) >= 11 is 0. The summed E-state index contributed by atoms with van der Waals surface area (Å²) in [5.74, 6) is 3.13. The van der Waals surface area contributed by atoms with Gasteiger partial charge in [-0.2, -0.15) is 0 Å². The Morgan fingerprint density at radius 2 is 2.23 bits per heavy atom. The van der Waals surface area contributed by atoms with Gasteiger partial charge in [-0.15, -0.1) is 16.8 Å². The van der Waals surface area contributed by atoms with Crippen LogP contribution in [0, 0.1) is 0 Å². The number of fused-ring (bicyclic) bond motifs is 1. The van der Waals surface area contributed by atoms with E-state index in [1.807, 2.05) is 6.08 Å². The molecular weight excluding hydrogens is 276 g/mol. The smallest absolute Gasteiger partial charge is 0.191 e. The first-order valence-electron chi connectivity index (χ1n) is 8.39. The highest BCUT2D eigenvalue weighted by Crippen LogP contribution is 2.15. The molecule has 0 bridgehead atoms. The van der Waals surface area contributed by atoms with Gasteiger partial charge < -0.3 is 15.2 Å². The zero-order valence-corrected chi connectivity index (χ0v) is 13.6. The Morgan fingerprint density at radius 3 is 3.05 bits per heavy atom. The summed E-state index contributed by atoms with van der Waals surface area (Å²) in [5.41, 5.74) is 0. The number of nitrogens with one attached hydrogen (secondary N) is 2. The predicted molar refractivity (Wildman–Crippen MR) is 90.1 cm³/mol. The number of rotatable bonds is 7. The monoisotopic (exact) mass is 304 g/mol. The molecule has 2 heterocycles. The lowest BCUT2D eigenvalue weighted by Crippen LogP contribution is -2.37. The lowest BCUT2D eigenvalue weighted by atomic mass is 10.2. The fourth-order valence-corrected chi connectivity index (χ4v) is 2.67. The Balaban J connectivity index is 1.82. The van der Waals surface area contributed by atoms with E-state index in [4.69, 9.17) is 0 Å². The van der Waals surface area contributed by atoms with Crippen LogP contribution >= 0.6 is 0 Å². The molecule has 0 spiro atoms. The Bertz CT molecular complexity index is 491. The number of aliphatic imine (C=N–C) groups is 1. The molecule has 22 heavy (non-hydrogen) atoms. The van der Waals surface area contributed by atoms with E-state index in [1.165, 1.54) is 19.3 Å². The maximum atomic E-state index is 4.57. The third-order valence-corrected chi connectivity index (χ3v) is 3.77. The van der Waals surface area contributed by atoms with Gasteiger partial charge in [-0.3, -0.25) is 4.99 Å². The van der Waals surface area contributed by atoms with Crippen molar-refractivity contribution in [2.24, 2.45) is 4.99 Å². The topological polar surface area (TPSA) is 67.1 Å². The van der Waals surface area contributed by atoms with Gasteiger partial charge in [-0.25, -0.2) is 0 Å². The number of hydrogen-bond acceptors (Lipinski definition) is 3. The molecule has 6 nitrogen and oxygen atoms in total. The van der Waals surface area contributed by atoms with E-state index >= 15 is 0 Å². The second kappa shape index (κ2) is 9.23. The van der Waals surface area contributed by atoms with Crippen LogP contribution < -0.4 is 10.6 Å². The molecule has 0 aromatic carbocycles. The van der Waals surface area contributed by atoms with Crippen molar-refractivity contribution in [3.63, 3.8) is 0 Å². The highest BCUT2D eigenvalue weighted by Gasteiger charge is 2.13. The molecule has 0 unspecified atom stereocenters. The molecule has 0 saturated carbocycles. The third kappa shape index (κ3) is 4.86. The number of nitrogens with zero attached hydrogens (tertiary/aromatic N) is 4. The molecule has 1 aromatic heterocycles. The lowest BCUT2D eigenvalue weighted by molar-refractivity contribution is 0.597. The molecular formula is C16H28N6. The normalized spacial score (nSPS) is 15.0. The van der Waals surface area contributed by atoms with Gasteiger partial charge in [0.2, 0.25) is 0 Å². The largest absolute Gasteiger partial charge is 0.357 e. The Hall–Kier alpha value is -1.85. The number of aromatic nitrogens is 3. The van der Waals surface area contributed by atoms with Crippen LogP contribution in [0.3, 0.4) is 0 Å². The highest BCUT2D eigenvalue weighted by molar-refractivity contribution is 5.79. The first kappa shape index (κ1) is 16.5. The van der Waals surface area contributed by atoms with E-state index in [1.54, 1.807) is 0 Å². The van der Waals surface area contributed by atoms with E-state index in [9.17, 15) is 0 Å². The Kier molecular flexibility index (Phi) is 6.93. The fourth-order valence-electron chi connectivity index (χ4n) is 2.67. The first-order chi connectivity index (χ1) is 10.8. The average Bonchev–Trinajstić information content (AvgIpc) is 2.76. The van der Waals surface area contributed by atoms with Crippen LogP contribution in [-0.2, 0) is 19.4 Å². The van der Waals surface area contributed by atoms with Crippen LogP contribution in [0.25, 0.3) is 0 Å². The minimum Gasteiger partial charge on any atom is -0.357 e. The Morgan fingerprint density at radius 1 is 1.32 bits per heavy atom. The number of guanidine groups is 1.